The van der Waals surface area contributed by atoms with Gasteiger partial charge in [-0.05, 0) is 33.6 Å². The lowest BCUT2D eigenvalue weighted by Crippen LogP contribution is -2.63. The molecule has 17 heavy (non-hydrogen) atoms. The third-order valence-electron chi connectivity index (χ3n) is 3.18. The van der Waals surface area contributed by atoms with Gasteiger partial charge in [0.2, 0.25) is 5.60 Å². The number of ether oxygens (including phenoxy) is 2. The first-order valence-corrected chi connectivity index (χ1v) is 6.08. The minimum Gasteiger partial charge on any atom is -0.457 e. The van der Waals surface area contributed by atoms with E-state index in [0.29, 0.717) is 0 Å². The number of carbonyl (C=O) groups is 2. The van der Waals surface area contributed by atoms with Crippen molar-refractivity contribution in [1.29, 1.82) is 0 Å². The Balaban J connectivity index is 2.82. The van der Waals surface area contributed by atoms with Crippen LogP contribution in [0.5, 0.6) is 0 Å². The predicted molar refractivity (Wildman–Crippen MR) is 63.3 cm³/mol. The van der Waals surface area contributed by atoms with E-state index in [0.717, 1.165) is 6.42 Å². The lowest BCUT2D eigenvalue weighted by Gasteiger charge is -2.46. The van der Waals surface area contributed by atoms with Gasteiger partial charge in [0.15, 0.2) is 0 Å². The van der Waals surface area contributed by atoms with E-state index in [4.69, 9.17) is 9.47 Å². The molecule has 98 valence electrons. The molecule has 1 saturated heterocycles. The zero-order valence-corrected chi connectivity index (χ0v) is 11.5. The number of esters is 2. The molecule has 4 heteroatoms. The number of hydrogen-bond donors (Lipinski definition) is 0. The summed E-state index contributed by atoms with van der Waals surface area (Å²) >= 11 is 0. The number of rotatable bonds is 3. The van der Waals surface area contributed by atoms with Crippen molar-refractivity contribution in [1.82, 2.24) is 0 Å². The van der Waals surface area contributed by atoms with Crippen LogP contribution in [0.3, 0.4) is 0 Å². The van der Waals surface area contributed by atoms with Crippen molar-refractivity contribution in [2.24, 2.45) is 11.8 Å². The quantitative estimate of drug-likeness (QED) is 0.713. The zero-order valence-electron chi connectivity index (χ0n) is 11.5. The van der Waals surface area contributed by atoms with E-state index in [1.54, 1.807) is 27.7 Å². The molecule has 0 aromatic heterocycles. The molecule has 1 aliphatic rings. The number of hydrogen-bond acceptors (Lipinski definition) is 4. The van der Waals surface area contributed by atoms with Gasteiger partial charge >= 0.3 is 11.9 Å². The molecule has 0 amide bonds. The second-order valence-corrected chi connectivity index (χ2v) is 5.89. The lowest BCUT2D eigenvalue weighted by molar-refractivity contribution is -0.232. The fourth-order valence-electron chi connectivity index (χ4n) is 2.06. The second kappa shape index (κ2) is 4.31. The van der Waals surface area contributed by atoms with Crippen LogP contribution in [-0.4, -0.2) is 23.1 Å². The maximum absolute atomic E-state index is 12.0. The first kappa shape index (κ1) is 14.0. The van der Waals surface area contributed by atoms with Gasteiger partial charge in [-0.25, -0.2) is 4.79 Å². The average Bonchev–Trinajstić information content (AvgIpc) is 2.13. The summed E-state index contributed by atoms with van der Waals surface area (Å²) in [6, 6.07) is 0. The van der Waals surface area contributed by atoms with Gasteiger partial charge in [0.05, 0.1) is 0 Å². The van der Waals surface area contributed by atoms with Crippen molar-refractivity contribution in [2.45, 2.75) is 59.2 Å². The largest absolute Gasteiger partial charge is 0.457 e. The Morgan fingerprint density at radius 2 is 2.06 bits per heavy atom. The van der Waals surface area contributed by atoms with E-state index in [2.05, 4.69) is 0 Å². The topological polar surface area (TPSA) is 52.6 Å². The highest BCUT2D eigenvalue weighted by molar-refractivity contribution is 5.95. The van der Waals surface area contributed by atoms with Crippen LogP contribution in [0.4, 0.5) is 0 Å². The fourth-order valence-corrected chi connectivity index (χ4v) is 2.06. The van der Waals surface area contributed by atoms with Gasteiger partial charge in [0.25, 0.3) is 0 Å². The molecule has 3 atom stereocenters. The Morgan fingerprint density at radius 3 is 2.41 bits per heavy atom. The highest BCUT2D eigenvalue weighted by atomic mass is 16.6. The van der Waals surface area contributed by atoms with Crippen molar-refractivity contribution < 1.29 is 19.1 Å². The summed E-state index contributed by atoms with van der Waals surface area (Å²) in [7, 11) is 0. The summed E-state index contributed by atoms with van der Waals surface area (Å²) in [5.74, 6) is -1.02. The average molecular weight is 242 g/mol. The molecule has 0 spiro atoms. The van der Waals surface area contributed by atoms with Gasteiger partial charge < -0.3 is 9.47 Å². The third-order valence-corrected chi connectivity index (χ3v) is 3.18. The van der Waals surface area contributed by atoms with Crippen molar-refractivity contribution in [2.75, 3.05) is 0 Å². The van der Waals surface area contributed by atoms with Gasteiger partial charge in [0, 0.05) is 0 Å². The normalized spacial score (nSPS) is 30.2. The Bertz CT molecular complexity index is 329. The molecule has 1 fully saturated rings. The summed E-state index contributed by atoms with van der Waals surface area (Å²) in [6.07, 6.45) is 0.832. The Morgan fingerprint density at radius 1 is 1.53 bits per heavy atom. The molecule has 0 N–H and O–H groups in total. The van der Waals surface area contributed by atoms with Crippen molar-refractivity contribution >= 4 is 11.9 Å². The smallest absolute Gasteiger partial charge is 0.351 e. The van der Waals surface area contributed by atoms with Crippen LogP contribution in [0.2, 0.25) is 0 Å². The molecule has 1 heterocycles. The maximum atomic E-state index is 12.0. The van der Waals surface area contributed by atoms with Crippen molar-refractivity contribution in [3.63, 3.8) is 0 Å². The Labute approximate surface area is 103 Å². The van der Waals surface area contributed by atoms with Crippen LogP contribution < -0.4 is 0 Å². The molecule has 0 aromatic carbocycles. The molecular weight excluding hydrogens is 220 g/mol. The fraction of sp³-hybridized carbons (Fsp3) is 0.846. The highest BCUT2D eigenvalue weighted by Crippen LogP contribution is 2.42. The van der Waals surface area contributed by atoms with Crippen LogP contribution in [0.1, 0.15) is 48.0 Å². The van der Waals surface area contributed by atoms with Crippen molar-refractivity contribution in [3.8, 4) is 0 Å². The van der Waals surface area contributed by atoms with Crippen LogP contribution in [0.25, 0.3) is 0 Å². The number of carbonyl (C=O) groups excluding carboxylic acids is 2. The summed E-state index contributed by atoms with van der Waals surface area (Å²) in [6.45, 7) is 11.0. The van der Waals surface area contributed by atoms with Crippen molar-refractivity contribution in [3.05, 3.63) is 0 Å². The maximum Gasteiger partial charge on any atom is 0.351 e. The van der Waals surface area contributed by atoms with E-state index >= 15 is 0 Å². The molecule has 0 bridgehead atoms. The summed E-state index contributed by atoms with van der Waals surface area (Å²) in [5, 5.41) is 0. The molecule has 0 radical (unpaired) electrons. The first-order valence-electron chi connectivity index (χ1n) is 6.08. The standard InChI is InChI=1S/C13H22O4/c1-7-8(2)9-10(14)16-13(9,6)11(15)17-12(3,4)5/h8-9H,7H2,1-6H3/t8-,9+,13-/m0/s1. The summed E-state index contributed by atoms with van der Waals surface area (Å²) in [5.41, 5.74) is -1.68. The van der Waals surface area contributed by atoms with E-state index in [1.165, 1.54) is 0 Å². The monoisotopic (exact) mass is 242 g/mol. The van der Waals surface area contributed by atoms with Crippen LogP contribution in [0.15, 0.2) is 0 Å². The predicted octanol–water partition coefficient (Wildman–Crippen LogP) is 2.31. The number of cyclic esters (lactones) is 1. The molecule has 0 aliphatic carbocycles. The third kappa shape index (κ3) is 2.61. The van der Waals surface area contributed by atoms with Crippen LogP contribution in [0, 0.1) is 11.8 Å². The zero-order chi connectivity index (χ0) is 13.4. The van der Waals surface area contributed by atoms with Gasteiger partial charge in [-0.15, -0.1) is 0 Å². The molecule has 0 unspecified atom stereocenters. The van der Waals surface area contributed by atoms with E-state index < -0.39 is 17.2 Å². The van der Waals surface area contributed by atoms with Crippen LogP contribution in [-0.2, 0) is 19.1 Å². The highest BCUT2D eigenvalue weighted by Gasteiger charge is 2.61. The molecule has 1 aliphatic heterocycles. The van der Waals surface area contributed by atoms with Gasteiger partial charge in [0.1, 0.15) is 11.5 Å². The summed E-state index contributed by atoms with van der Waals surface area (Å²) < 4.78 is 10.4. The first-order chi connectivity index (χ1) is 7.62. The van der Waals surface area contributed by atoms with Gasteiger partial charge in [-0.3, -0.25) is 4.79 Å². The van der Waals surface area contributed by atoms with E-state index in [-0.39, 0.29) is 17.8 Å². The van der Waals surface area contributed by atoms with E-state index in [1.807, 2.05) is 13.8 Å². The SMILES string of the molecule is CC[C@H](C)[C@@H]1C(=O)O[C@]1(C)C(=O)OC(C)(C)C. The molecular formula is C13H22O4. The Kier molecular flexibility index (Phi) is 3.55. The van der Waals surface area contributed by atoms with E-state index in [9.17, 15) is 9.59 Å². The molecule has 1 rings (SSSR count). The van der Waals surface area contributed by atoms with Crippen LogP contribution >= 0.6 is 0 Å². The minimum absolute atomic E-state index is 0.119. The lowest BCUT2D eigenvalue weighted by atomic mass is 9.74. The molecule has 0 saturated carbocycles. The Hall–Kier alpha value is -1.06. The van der Waals surface area contributed by atoms with Gasteiger partial charge in [-0.2, -0.15) is 0 Å². The van der Waals surface area contributed by atoms with Gasteiger partial charge in [-0.1, -0.05) is 20.3 Å². The molecule has 0 aromatic rings. The minimum atomic E-state index is -1.11. The molecule has 4 nitrogen and oxygen atoms in total. The second-order valence-electron chi connectivity index (χ2n) is 5.89. The summed E-state index contributed by atoms with van der Waals surface area (Å²) in [4.78, 5) is 23.5.